The normalized spacial score (nSPS) is 14.2. The quantitative estimate of drug-likeness (QED) is 0.376. The number of hydrogen-bond donors (Lipinski definition) is 0. The maximum Gasteiger partial charge on any atom is 1.00 e. The van der Waals surface area contributed by atoms with Crippen molar-refractivity contribution in [1.29, 1.82) is 0 Å². The Morgan fingerprint density at radius 3 is 2.10 bits per heavy atom. The van der Waals surface area contributed by atoms with E-state index in [1.54, 1.807) is 5.92 Å². The Kier molecular flexibility index (Phi) is 3.47. The zero-order valence-corrected chi connectivity index (χ0v) is 9.42. The summed E-state index contributed by atoms with van der Waals surface area (Å²) in [6, 6.07) is 10.6. The Morgan fingerprint density at radius 2 is 1.60 bits per heavy atom. The first-order valence-corrected chi connectivity index (χ1v) is 3.37. The predicted octanol–water partition coefficient (Wildman–Crippen LogP) is -0.593. The van der Waals surface area contributed by atoms with Crippen LogP contribution in [0.1, 0.15) is 18.4 Å². The van der Waals surface area contributed by atoms with Gasteiger partial charge in [0.25, 0.3) is 0 Å². The van der Waals surface area contributed by atoms with Crippen LogP contribution in [0.3, 0.4) is 0 Å². The van der Waals surface area contributed by atoms with E-state index in [1.165, 1.54) is 18.4 Å². The Hall–Kier alpha value is 0.726. The van der Waals surface area contributed by atoms with Crippen LogP contribution in [0.25, 0.3) is 0 Å². The van der Waals surface area contributed by atoms with Crippen LogP contribution in [-0.2, 0) is 0 Å². The molecule has 1 aromatic rings. The van der Waals surface area contributed by atoms with E-state index < -0.39 is 0 Å². The summed E-state index contributed by atoms with van der Waals surface area (Å²) in [5.74, 6) is 1.62. The fourth-order valence-corrected chi connectivity index (χ4v) is 1.03. The van der Waals surface area contributed by atoms with Gasteiger partial charge in [0.1, 0.15) is 0 Å². The van der Waals surface area contributed by atoms with Crippen LogP contribution in [0, 0.1) is 5.92 Å². The zero-order chi connectivity index (χ0) is 6.10. The molecule has 46 valence electrons. The van der Waals surface area contributed by atoms with Crippen molar-refractivity contribution in [2.75, 3.05) is 0 Å². The average Bonchev–Trinajstić information content (AvgIpc) is 2.71. The fraction of sp³-hybridized carbons (Fsp3) is 0.222. The first-order valence-electron chi connectivity index (χ1n) is 3.37. The molecule has 2 rings (SSSR count). The molecule has 0 radical (unpaired) electrons. The number of benzene rings is 1. The summed E-state index contributed by atoms with van der Waals surface area (Å²) in [7, 11) is 0. The molecule has 0 nitrogen and oxygen atoms in total. The second-order valence-electron chi connectivity index (χ2n) is 2.47. The predicted molar refractivity (Wildman–Crippen MR) is 38.0 cm³/mol. The van der Waals surface area contributed by atoms with Gasteiger partial charge in [-0.1, -0.05) is 18.9 Å². The van der Waals surface area contributed by atoms with E-state index in [0.717, 1.165) is 0 Å². The first-order chi connectivity index (χ1) is 4.47. The summed E-state index contributed by atoms with van der Waals surface area (Å²) in [6.07, 6.45) is 2.65. The van der Waals surface area contributed by atoms with Gasteiger partial charge in [-0.15, -0.1) is 12.1 Å². The molecule has 1 fully saturated rings. The van der Waals surface area contributed by atoms with Gasteiger partial charge in [0.2, 0.25) is 0 Å². The van der Waals surface area contributed by atoms with E-state index >= 15 is 0 Å². The van der Waals surface area contributed by atoms with Gasteiger partial charge < -0.3 is 0 Å². The van der Waals surface area contributed by atoms with Crippen molar-refractivity contribution < 1.29 is 51.4 Å². The van der Waals surface area contributed by atoms with Gasteiger partial charge in [-0.3, -0.25) is 0 Å². The number of hydrogen-bond acceptors (Lipinski definition) is 0. The smallest absolute Gasteiger partial charge is 0.189 e. The van der Waals surface area contributed by atoms with Crippen molar-refractivity contribution in [3.8, 4) is 0 Å². The van der Waals surface area contributed by atoms with Gasteiger partial charge in [-0.25, -0.2) is 0 Å². The number of rotatable bonds is 1. The van der Waals surface area contributed by atoms with Gasteiger partial charge in [0, 0.05) is 0 Å². The molecule has 0 heterocycles. The van der Waals surface area contributed by atoms with Crippen molar-refractivity contribution in [1.82, 2.24) is 0 Å². The van der Waals surface area contributed by atoms with E-state index in [-0.39, 0.29) is 51.4 Å². The third kappa shape index (κ3) is 2.11. The standard InChI is InChI=1S/C9H9.K/c1-2-4-8(5-3-1)9-6-7-9;/h1-5H,6-7H2;/q-1;+1. The molecule has 1 aromatic carbocycles. The van der Waals surface area contributed by atoms with Crippen LogP contribution in [0.4, 0.5) is 0 Å². The molecule has 0 aliphatic heterocycles. The average molecular weight is 156 g/mol. The van der Waals surface area contributed by atoms with Crippen LogP contribution in [0.2, 0.25) is 0 Å². The van der Waals surface area contributed by atoms with E-state index in [1.807, 2.05) is 0 Å². The Morgan fingerprint density at radius 1 is 1.00 bits per heavy atom. The Bertz CT molecular complexity index is 189. The largest absolute Gasteiger partial charge is 1.00 e. The van der Waals surface area contributed by atoms with Gasteiger partial charge in [-0.2, -0.15) is 23.6 Å². The Balaban J connectivity index is 0.000000500. The van der Waals surface area contributed by atoms with Crippen molar-refractivity contribution >= 4 is 0 Å². The van der Waals surface area contributed by atoms with Crippen molar-refractivity contribution in [3.05, 3.63) is 41.8 Å². The van der Waals surface area contributed by atoms with Gasteiger partial charge in [-0.05, 0) is 0 Å². The molecular formula is C9H9K. The molecule has 0 spiro atoms. The summed E-state index contributed by atoms with van der Waals surface area (Å²) in [4.78, 5) is 0. The van der Waals surface area contributed by atoms with Crippen LogP contribution in [0.5, 0.6) is 0 Å². The minimum Gasteiger partial charge on any atom is -0.189 e. The van der Waals surface area contributed by atoms with E-state index in [2.05, 4.69) is 30.3 Å². The maximum absolute atomic E-state index is 2.18. The molecule has 0 saturated heterocycles. The molecule has 0 unspecified atom stereocenters. The molecule has 10 heavy (non-hydrogen) atoms. The molecule has 1 heteroatoms. The first kappa shape index (κ1) is 8.82. The van der Waals surface area contributed by atoms with Gasteiger partial charge in [0.15, 0.2) is 0 Å². The molecular weight excluding hydrogens is 147 g/mol. The molecule has 0 N–H and O–H groups in total. The van der Waals surface area contributed by atoms with Gasteiger partial charge >= 0.3 is 51.4 Å². The van der Waals surface area contributed by atoms with E-state index in [0.29, 0.717) is 0 Å². The fourth-order valence-electron chi connectivity index (χ4n) is 1.03. The third-order valence-corrected chi connectivity index (χ3v) is 1.68. The second kappa shape index (κ2) is 3.93. The topological polar surface area (TPSA) is 0 Å². The van der Waals surface area contributed by atoms with E-state index in [9.17, 15) is 0 Å². The monoisotopic (exact) mass is 156 g/mol. The summed E-state index contributed by atoms with van der Waals surface area (Å²) in [6.45, 7) is 0. The molecule has 0 atom stereocenters. The molecule has 0 bridgehead atoms. The Labute approximate surface area is 104 Å². The zero-order valence-electron chi connectivity index (χ0n) is 6.30. The van der Waals surface area contributed by atoms with Gasteiger partial charge in [0.05, 0.1) is 0 Å². The summed E-state index contributed by atoms with van der Waals surface area (Å²) >= 11 is 0. The molecule has 1 aliphatic rings. The van der Waals surface area contributed by atoms with Crippen LogP contribution < -0.4 is 51.4 Å². The van der Waals surface area contributed by atoms with Crippen molar-refractivity contribution in [2.24, 2.45) is 0 Å². The van der Waals surface area contributed by atoms with E-state index in [4.69, 9.17) is 0 Å². The second-order valence-corrected chi connectivity index (χ2v) is 2.47. The minimum atomic E-state index is 0. The SMILES string of the molecule is [K+].c1ccc([C-]2CC2)cc1. The van der Waals surface area contributed by atoms with Crippen molar-refractivity contribution in [2.45, 2.75) is 12.8 Å². The maximum atomic E-state index is 2.18. The van der Waals surface area contributed by atoms with Crippen molar-refractivity contribution in [3.63, 3.8) is 0 Å². The molecule has 1 aliphatic carbocycles. The van der Waals surface area contributed by atoms with Crippen LogP contribution in [0.15, 0.2) is 30.3 Å². The summed E-state index contributed by atoms with van der Waals surface area (Å²) in [5, 5.41) is 0. The van der Waals surface area contributed by atoms with Crippen LogP contribution in [-0.4, -0.2) is 0 Å². The summed E-state index contributed by atoms with van der Waals surface area (Å²) < 4.78 is 0. The molecule has 0 amide bonds. The third-order valence-electron chi connectivity index (χ3n) is 1.68. The molecule has 1 saturated carbocycles. The molecule has 0 aromatic heterocycles. The summed E-state index contributed by atoms with van der Waals surface area (Å²) in [5.41, 5.74) is 1.44. The van der Waals surface area contributed by atoms with Crippen LogP contribution >= 0.6 is 0 Å². The minimum absolute atomic E-state index is 0.